The average molecular weight is 538 g/mol. The minimum Gasteiger partial charge on any atom is -0.480 e. The lowest BCUT2D eigenvalue weighted by Gasteiger charge is -2.25. The zero-order valence-corrected chi connectivity index (χ0v) is 22.4. The Morgan fingerprint density at radius 3 is 1.95 bits per heavy atom. The van der Waals surface area contributed by atoms with Crippen LogP contribution in [0.1, 0.15) is 45.1 Å². The summed E-state index contributed by atoms with van der Waals surface area (Å²) in [5.41, 5.74) is 12.2. The number of rotatable bonds is 17. The fourth-order valence-electron chi connectivity index (χ4n) is 3.54. The zero-order valence-electron chi connectivity index (χ0n) is 21.6. The molecular weight excluding hydrogens is 498 g/mol. The summed E-state index contributed by atoms with van der Waals surface area (Å²) in [5.74, 6) is -3.27. The van der Waals surface area contributed by atoms with Gasteiger partial charge in [-0.25, -0.2) is 4.79 Å². The van der Waals surface area contributed by atoms with Crippen molar-refractivity contribution in [1.29, 1.82) is 0 Å². The van der Waals surface area contributed by atoms with Crippen LogP contribution in [0.2, 0.25) is 0 Å². The molecule has 1 aromatic rings. The van der Waals surface area contributed by atoms with Crippen LogP contribution in [-0.4, -0.2) is 70.9 Å². The highest BCUT2D eigenvalue weighted by atomic mass is 32.2. The molecule has 0 saturated carbocycles. The molecule has 0 aliphatic heterocycles. The van der Waals surface area contributed by atoms with Gasteiger partial charge in [0.1, 0.15) is 18.1 Å². The second-order valence-corrected chi connectivity index (χ2v) is 10.2. The number of benzene rings is 1. The number of nitrogens with two attached hydrogens (primary N) is 2. The Kier molecular flexibility index (Phi) is 14.3. The second-order valence-electron chi connectivity index (χ2n) is 9.23. The van der Waals surface area contributed by atoms with Crippen molar-refractivity contribution in [1.82, 2.24) is 16.0 Å². The molecule has 206 valence electrons. The molecule has 4 atom stereocenters. The summed E-state index contributed by atoms with van der Waals surface area (Å²) in [6.45, 7) is 3.63. The van der Waals surface area contributed by atoms with Gasteiger partial charge in [-0.05, 0) is 49.2 Å². The molecule has 0 heterocycles. The molecule has 0 fully saturated rings. The van der Waals surface area contributed by atoms with E-state index in [0.717, 1.165) is 5.56 Å². The highest BCUT2D eigenvalue weighted by molar-refractivity contribution is 7.98. The minimum absolute atomic E-state index is 0.00806. The van der Waals surface area contributed by atoms with E-state index in [1.54, 1.807) is 0 Å². The lowest BCUT2D eigenvalue weighted by molar-refractivity contribution is -0.143. The number of carbonyl (C=O) groups excluding carboxylic acids is 4. The van der Waals surface area contributed by atoms with E-state index in [9.17, 15) is 29.1 Å². The first-order valence-corrected chi connectivity index (χ1v) is 13.5. The molecule has 0 aliphatic rings. The molecule has 0 aromatic heterocycles. The van der Waals surface area contributed by atoms with E-state index in [4.69, 9.17) is 11.5 Å². The van der Waals surface area contributed by atoms with Gasteiger partial charge in [-0.2, -0.15) is 11.8 Å². The Balaban J connectivity index is 2.97. The lowest BCUT2D eigenvalue weighted by Crippen LogP contribution is -2.57. The monoisotopic (exact) mass is 537 g/mol. The van der Waals surface area contributed by atoms with E-state index in [1.165, 1.54) is 11.8 Å². The van der Waals surface area contributed by atoms with Crippen molar-refractivity contribution >= 4 is 41.4 Å². The smallest absolute Gasteiger partial charge is 0.326 e. The van der Waals surface area contributed by atoms with Crippen LogP contribution < -0.4 is 27.4 Å². The Labute approximate surface area is 221 Å². The van der Waals surface area contributed by atoms with Gasteiger partial charge in [0.25, 0.3) is 0 Å². The van der Waals surface area contributed by atoms with Crippen molar-refractivity contribution in [3.63, 3.8) is 0 Å². The first-order valence-electron chi connectivity index (χ1n) is 12.1. The number of nitrogens with one attached hydrogen (secondary N) is 3. The Bertz CT molecular complexity index is 914. The summed E-state index contributed by atoms with van der Waals surface area (Å²) in [6.07, 6.45) is 2.25. The number of carbonyl (C=O) groups is 5. The summed E-state index contributed by atoms with van der Waals surface area (Å²) in [7, 11) is 0. The molecule has 1 rings (SSSR count). The standard InChI is InChI=1S/C25H39N5O6S/c1-15(2)13-20(25(35)36)30-23(33)18(9-10-21(27)31)29-24(34)19(11-12-37-3)28-22(32)17(26)14-16-7-5-4-6-8-16/h4-8,15,17-20H,9-14,26H2,1-3H3,(H2,27,31)(H,28,32)(H,29,34)(H,30,33)(H,35,36). The SMILES string of the molecule is CSCCC(NC(=O)C(N)Cc1ccccc1)C(=O)NC(CCC(N)=O)C(=O)NC(CC(C)C)C(=O)O. The second kappa shape index (κ2) is 16.6. The third-order valence-corrected chi connectivity index (χ3v) is 6.16. The first-order chi connectivity index (χ1) is 17.4. The molecule has 11 nitrogen and oxygen atoms in total. The van der Waals surface area contributed by atoms with Gasteiger partial charge in [-0.1, -0.05) is 44.2 Å². The van der Waals surface area contributed by atoms with Gasteiger partial charge >= 0.3 is 5.97 Å². The molecule has 8 N–H and O–H groups in total. The Hall–Kier alpha value is -3.12. The molecular formula is C25H39N5O6S. The van der Waals surface area contributed by atoms with Crippen LogP contribution in [0.25, 0.3) is 0 Å². The molecule has 12 heteroatoms. The van der Waals surface area contributed by atoms with E-state index in [1.807, 2.05) is 50.4 Å². The lowest BCUT2D eigenvalue weighted by atomic mass is 10.0. The summed E-state index contributed by atoms with van der Waals surface area (Å²) in [4.78, 5) is 61.7. The van der Waals surface area contributed by atoms with Crippen molar-refractivity contribution in [3.05, 3.63) is 35.9 Å². The van der Waals surface area contributed by atoms with Gasteiger partial charge in [-0.15, -0.1) is 0 Å². The van der Waals surface area contributed by atoms with Crippen molar-refractivity contribution in [3.8, 4) is 0 Å². The summed E-state index contributed by atoms with van der Waals surface area (Å²) < 4.78 is 0. The highest BCUT2D eigenvalue weighted by Gasteiger charge is 2.30. The maximum atomic E-state index is 13.1. The predicted molar refractivity (Wildman–Crippen MR) is 142 cm³/mol. The van der Waals surface area contributed by atoms with E-state index < -0.39 is 53.8 Å². The number of primary amides is 1. The fourth-order valence-corrected chi connectivity index (χ4v) is 4.01. The van der Waals surface area contributed by atoms with Crippen LogP contribution in [0, 0.1) is 5.92 Å². The molecule has 0 saturated heterocycles. The molecule has 0 bridgehead atoms. The third kappa shape index (κ3) is 12.6. The van der Waals surface area contributed by atoms with Crippen LogP contribution in [-0.2, 0) is 30.4 Å². The predicted octanol–water partition coefficient (Wildman–Crippen LogP) is 0.160. The van der Waals surface area contributed by atoms with Crippen LogP contribution in [0.15, 0.2) is 30.3 Å². The maximum absolute atomic E-state index is 13.1. The summed E-state index contributed by atoms with van der Waals surface area (Å²) in [6, 6.07) is 4.94. The molecule has 0 radical (unpaired) electrons. The quantitative estimate of drug-likeness (QED) is 0.162. The fraction of sp³-hybridized carbons (Fsp3) is 0.560. The molecule has 4 unspecified atom stereocenters. The number of amides is 4. The highest BCUT2D eigenvalue weighted by Crippen LogP contribution is 2.09. The number of carboxylic acid groups (broad SMARTS) is 1. The number of hydrogen-bond acceptors (Lipinski definition) is 7. The van der Waals surface area contributed by atoms with E-state index in [-0.39, 0.29) is 38.0 Å². The van der Waals surface area contributed by atoms with Crippen molar-refractivity contribution in [2.45, 2.75) is 70.1 Å². The van der Waals surface area contributed by atoms with Crippen molar-refractivity contribution in [2.75, 3.05) is 12.0 Å². The van der Waals surface area contributed by atoms with Crippen LogP contribution in [0.3, 0.4) is 0 Å². The molecule has 0 spiro atoms. The number of carboxylic acids is 1. The molecule has 37 heavy (non-hydrogen) atoms. The van der Waals surface area contributed by atoms with Gasteiger partial charge in [0.05, 0.1) is 6.04 Å². The van der Waals surface area contributed by atoms with Crippen LogP contribution >= 0.6 is 11.8 Å². The van der Waals surface area contributed by atoms with Crippen molar-refractivity contribution < 1.29 is 29.1 Å². The van der Waals surface area contributed by atoms with E-state index in [0.29, 0.717) is 5.75 Å². The van der Waals surface area contributed by atoms with Gasteiger partial charge < -0.3 is 32.5 Å². The first kappa shape index (κ1) is 31.9. The Morgan fingerprint density at radius 1 is 0.892 bits per heavy atom. The number of thioether (sulfide) groups is 1. The largest absolute Gasteiger partial charge is 0.480 e. The van der Waals surface area contributed by atoms with Crippen LogP contribution in [0.5, 0.6) is 0 Å². The topological polar surface area (TPSA) is 194 Å². The van der Waals surface area contributed by atoms with Gasteiger partial charge in [0, 0.05) is 6.42 Å². The molecule has 1 aromatic carbocycles. The van der Waals surface area contributed by atoms with E-state index >= 15 is 0 Å². The molecule has 4 amide bonds. The van der Waals surface area contributed by atoms with Gasteiger partial charge in [-0.3, -0.25) is 19.2 Å². The Morgan fingerprint density at radius 2 is 1.43 bits per heavy atom. The molecule has 0 aliphatic carbocycles. The van der Waals surface area contributed by atoms with Gasteiger partial charge in [0.15, 0.2) is 0 Å². The summed E-state index contributed by atoms with van der Waals surface area (Å²) >= 11 is 1.47. The minimum atomic E-state index is -1.22. The van der Waals surface area contributed by atoms with Crippen molar-refractivity contribution in [2.24, 2.45) is 17.4 Å². The third-order valence-electron chi connectivity index (χ3n) is 5.51. The maximum Gasteiger partial charge on any atom is 0.326 e. The normalized spacial score (nSPS) is 14.2. The summed E-state index contributed by atoms with van der Waals surface area (Å²) in [5, 5.41) is 17.1. The van der Waals surface area contributed by atoms with E-state index in [2.05, 4.69) is 16.0 Å². The van der Waals surface area contributed by atoms with Gasteiger partial charge in [0.2, 0.25) is 23.6 Å². The van der Waals surface area contributed by atoms with Crippen LogP contribution in [0.4, 0.5) is 0 Å². The number of hydrogen-bond donors (Lipinski definition) is 6. The number of aliphatic carboxylic acids is 1. The zero-order chi connectivity index (χ0) is 28.0. The average Bonchev–Trinajstić information content (AvgIpc) is 2.83.